The fourth-order valence-corrected chi connectivity index (χ4v) is 4.24. The predicted octanol–water partition coefficient (Wildman–Crippen LogP) is 1.13. The van der Waals surface area contributed by atoms with Crippen LogP contribution >= 0.6 is 0 Å². The number of anilines is 2. The van der Waals surface area contributed by atoms with Crippen LogP contribution in [0.5, 0.6) is 0 Å². The first kappa shape index (κ1) is 21.5. The van der Waals surface area contributed by atoms with E-state index in [9.17, 15) is 9.59 Å². The van der Waals surface area contributed by atoms with Gasteiger partial charge in [0.25, 0.3) is 11.1 Å². The van der Waals surface area contributed by atoms with E-state index >= 15 is 0 Å². The molecule has 0 saturated carbocycles. The number of hydrogen-bond donors (Lipinski definition) is 2. The molecule has 4 aromatic rings. The molecule has 0 bridgehead atoms. The molecular formula is C21H27N9O2. The topological polar surface area (TPSA) is 153 Å². The molecule has 0 unspecified atom stereocenters. The van der Waals surface area contributed by atoms with Crippen LogP contribution in [0.25, 0.3) is 22.2 Å². The van der Waals surface area contributed by atoms with Crippen LogP contribution in [-0.4, -0.2) is 33.6 Å². The number of nitrogens with zero attached hydrogens (tertiary/aromatic N) is 7. The minimum absolute atomic E-state index is 0.110. The number of hydrogen-bond acceptors (Lipinski definition) is 8. The quantitative estimate of drug-likeness (QED) is 0.484. The second kappa shape index (κ2) is 6.87. The molecule has 11 heteroatoms. The van der Waals surface area contributed by atoms with Gasteiger partial charge in [-0.05, 0) is 52.7 Å². The molecule has 4 aromatic heterocycles. The summed E-state index contributed by atoms with van der Waals surface area (Å²) < 4.78 is 4.81. The largest absolute Gasteiger partial charge is 0.369 e. The third kappa shape index (κ3) is 3.20. The molecule has 32 heavy (non-hydrogen) atoms. The highest BCUT2D eigenvalue weighted by Gasteiger charge is 2.30. The number of nitrogen functional groups attached to an aromatic ring is 2. The standard InChI is InChI=1S/C21H27N9O2/c1-20(2,3)30-15-12(16(31)27-19(30)23)11(7-8-24-15)9-21(4,5)29-13-14(26-18(29)22)25-10-28(6)17(13)32/h7-8,10H,9H2,1-6H3,(H2,22,26)(H2,23,27,31). The fraction of sp³-hybridized carbons (Fsp3) is 0.429. The van der Waals surface area contributed by atoms with Crippen molar-refractivity contribution < 1.29 is 0 Å². The third-order valence-electron chi connectivity index (χ3n) is 5.55. The molecule has 4 rings (SSSR count). The Bertz CT molecular complexity index is 1490. The van der Waals surface area contributed by atoms with Crippen molar-refractivity contribution in [1.29, 1.82) is 0 Å². The zero-order valence-corrected chi connectivity index (χ0v) is 19.0. The van der Waals surface area contributed by atoms with Crippen molar-refractivity contribution >= 4 is 34.1 Å². The molecule has 0 aliphatic rings. The lowest BCUT2D eigenvalue weighted by atomic mass is 9.93. The summed E-state index contributed by atoms with van der Waals surface area (Å²) in [5, 5.41) is 0.388. The van der Waals surface area contributed by atoms with Gasteiger partial charge in [0.15, 0.2) is 11.2 Å². The van der Waals surface area contributed by atoms with Crippen LogP contribution in [0.3, 0.4) is 0 Å². The molecule has 0 saturated heterocycles. The van der Waals surface area contributed by atoms with Gasteiger partial charge in [0.1, 0.15) is 5.65 Å². The minimum Gasteiger partial charge on any atom is -0.369 e. The molecule has 4 heterocycles. The van der Waals surface area contributed by atoms with Gasteiger partial charge >= 0.3 is 0 Å². The minimum atomic E-state index is -0.720. The Kier molecular flexibility index (Phi) is 4.61. The summed E-state index contributed by atoms with van der Waals surface area (Å²) in [5.74, 6) is 0.284. The molecular weight excluding hydrogens is 410 g/mol. The van der Waals surface area contributed by atoms with Crippen LogP contribution in [0, 0.1) is 0 Å². The third-order valence-corrected chi connectivity index (χ3v) is 5.55. The van der Waals surface area contributed by atoms with Gasteiger partial charge in [0, 0.05) is 24.3 Å². The summed E-state index contributed by atoms with van der Waals surface area (Å²) in [6, 6.07) is 1.78. The fourth-order valence-electron chi connectivity index (χ4n) is 4.24. The molecule has 0 aromatic carbocycles. The van der Waals surface area contributed by atoms with Gasteiger partial charge in [-0.2, -0.15) is 9.97 Å². The molecule has 0 atom stereocenters. The van der Waals surface area contributed by atoms with E-state index < -0.39 is 16.6 Å². The molecule has 0 amide bonds. The Morgan fingerprint density at radius 1 is 0.969 bits per heavy atom. The molecule has 0 aliphatic heterocycles. The number of rotatable bonds is 3. The first-order valence-electron chi connectivity index (χ1n) is 10.2. The number of pyridine rings is 1. The number of aryl methyl sites for hydroxylation is 1. The van der Waals surface area contributed by atoms with Gasteiger partial charge in [-0.25, -0.2) is 9.97 Å². The summed E-state index contributed by atoms with van der Waals surface area (Å²) in [6.07, 6.45) is 3.42. The lowest BCUT2D eigenvalue weighted by Crippen LogP contribution is -2.34. The lowest BCUT2D eigenvalue weighted by molar-refractivity contribution is 0.367. The van der Waals surface area contributed by atoms with Crippen molar-refractivity contribution in [3.05, 3.63) is 44.9 Å². The zero-order chi connectivity index (χ0) is 23.6. The zero-order valence-electron chi connectivity index (χ0n) is 19.0. The normalized spacial score (nSPS) is 12.7. The van der Waals surface area contributed by atoms with Crippen LogP contribution in [0.15, 0.2) is 28.2 Å². The number of nitrogens with two attached hydrogens (primary N) is 2. The Hall–Kier alpha value is -3.76. The molecule has 168 valence electrons. The SMILES string of the molecule is Cn1cnc2nc(N)n(C(C)(C)Cc3ccnc4c3c(=O)nc(N)n4C(C)(C)C)c2c1=O. The van der Waals surface area contributed by atoms with Crippen molar-refractivity contribution in [2.45, 2.75) is 52.1 Å². The van der Waals surface area contributed by atoms with Crippen molar-refractivity contribution in [3.8, 4) is 0 Å². The van der Waals surface area contributed by atoms with Crippen molar-refractivity contribution in [3.63, 3.8) is 0 Å². The van der Waals surface area contributed by atoms with Crippen molar-refractivity contribution in [1.82, 2.24) is 33.6 Å². The second-order valence-electron chi connectivity index (χ2n) is 9.58. The van der Waals surface area contributed by atoms with E-state index in [-0.39, 0.29) is 23.1 Å². The maximum absolute atomic E-state index is 12.9. The van der Waals surface area contributed by atoms with Gasteiger partial charge in [0.2, 0.25) is 11.9 Å². The van der Waals surface area contributed by atoms with Gasteiger partial charge in [-0.1, -0.05) is 0 Å². The van der Waals surface area contributed by atoms with E-state index in [1.165, 1.54) is 10.9 Å². The van der Waals surface area contributed by atoms with Gasteiger partial charge in [-0.15, -0.1) is 0 Å². The van der Waals surface area contributed by atoms with Crippen LogP contribution in [0.1, 0.15) is 40.2 Å². The molecule has 0 aliphatic carbocycles. The van der Waals surface area contributed by atoms with E-state index in [1.807, 2.05) is 34.6 Å². The monoisotopic (exact) mass is 437 g/mol. The predicted molar refractivity (Wildman–Crippen MR) is 123 cm³/mol. The van der Waals surface area contributed by atoms with Gasteiger partial charge in [-0.3, -0.25) is 18.7 Å². The van der Waals surface area contributed by atoms with Crippen LogP contribution < -0.4 is 22.6 Å². The van der Waals surface area contributed by atoms with Crippen LogP contribution in [0.2, 0.25) is 0 Å². The number of imidazole rings is 1. The smallest absolute Gasteiger partial charge is 0.284 e. The Morgan fingerprint density at radius 3 is 2.28 bits per heavy atom. The van der Waals surface area contributed by atoms with Crippen molar-refractivity contribution in [2.75, 3.05) is 11.5 Å². The summed E-state index contributed by atoms with van der Waals surface area (Å²) in [6.45, 7) is 9.75. The van der Waals surface area contributed by atoms with E-state index in [0.29, 0.717) is 23.0 Å². The van der Waals surface area contributed by atoms with E-state index in [1.54, 1.807) is 28.4 Å². The second-order valence-corrected chi connectivity index (χ2v) is 9.58. The van der Waals surface area contributed by atoms with Crippen LogP contribution in [-0.2, 0) is 24.5 Å². The van der Waals surface area contributed by atoms with E-state index in [2.05, 4.69) is 19.9 Å². The summed E-state index contributed by atoms with van der Waals surface area (Å²) in [5.41, 5.74) is 12.2. The average molecular weight is 438 g/mol. The molecule has 11 nitrogen and oxygen atoms in total. The first-order valence-corrected chi connectivity index (χ1v) is 10.2. The lowest BCUT2D eigenvalue weighted by Gasteiger charge is -2.30. The van der Waals surface area contributed by atoms with Gasteiger partial charge < -0.3 is 16.0 Å². The number of fused-ring (bicyclic) bond motifs is 2. The van der Waals surface area contributed by atoms with Crippen molar-refractivity contribution in [2.24, 2.45) is 7.05 Å². The highest BCUT2D eigenvalue weighted by Crippen LogP contribution is 2.30. The van der Waals surface area contributed by atoms with E-state index in [4.69, 9.17) is 11.5 Å². The summed E-state index contributed by atoms with van der Waals surface area (Å²) in [4.78, 5) is 42.7. The Labute approximate surface area is 183 Å². The highest BCUT2D eigenvalue weighted by molar-refractivity contribution is 5.80. The molecule has 4 N–H and O–H groups in total. The highest BCUT2D eigenvalue weighted by atomic mass is 16.1. The summed E-state index contributed by atoms with van der Waals surface area (Å²) >= 11 is 0. The molecule has 0 fully saturated rings. The Balaban J connectivity index is 1.96. The Morgan fingerprint density at radius 2 is 1.62 bits per heavy atom. The molecule has 0 radical (unpaired) electrons. The maximum Gasteiger partial charge on any atom is 0.284 e. The first-order chi connectivity index (χ1) is 14.8. The van der Waals surface area contributed by atoms with Gasteiger partial charge in [0.05, 0.1) is 11.7 Å². The van der Waals surface area contributed by atoms with E-state index in [0.717, 1.165) is 5.56 Å². The molecule has 0 spiro atoms. The summed E-state index contributed by atoms with van der Waals surface area (Å²) in [7, 11) is 1.62. The maximum atomic E-state index is 12.9. The number of aromatic nitrogens is 7. The average Bonchev–Trinajstić information content (AvgIpc) is 3.01. The van der Waals surface area contributed by atoms with Crippen LogP contribution in [0.4, 0.5) is 11.9 Å².